The number of nitrogens with zero attached hydrogens (tertiary/aromatic N) is 3. The van der Waals surface area contributed by atoms with Crippen LogP contribution >= 0.6 is 0 Å². The molecule has 0 amide bonds. The van der Waals surface area contributed by atoms with Crippen molar-refractivity contribution in [3.8, 4) is 0 Å². The number of rotatable bonds is 4. The van der Waals surface area contributed by atoms with Crippen LogP contribution in [0.5, 0.6) is 0 Å². The first-order valence-electron chi connectivity index (χ1n) is 8.36. The van der Waals surface area contributed by atoms with Crippen LogP contribution in [0.15, 0.2) is 0 Å². The molecule has 0 aromatic carbocycles. The van der Waals surface area contributed by atoms with E-state index in [1.165, 1.54) is 31.2 Å². The zero-order valence-electron chi connectivity index (χ0n) is 13.6. The molecule has 0 spiro atoms. The lowest BCUT2D eigenvalue weighted by Crippen LogP contribution is -2.39. The summed E-state index contributed by atoms with van der Waals surface area (Å²) in [5.41, 5.74) is 9.26. The van der Waals surface area contributed by atoms with E-state index >= 15 is 0 Å². The van der Waals surface area contributed by atoms with Crippen LogP contribution in [0.25, 0.3) is 0 Å². The van der Waals surface area contributed by atoms with Crippen LogP contribution in [0.3, 0.4) is 0 Å². The normalized spacial score (nSPS) is 29.0. The maximum atomic E-state index is 5.63. The summed E-state index contributed by atoms with van der Waals surface area (Å²) in [5, 5.41) is 0. The van der Waals surface area contributed by atoms with Crippen molar-refractivity contribution < 1.29 is 0 Å². The minimum absolute atomic E-state index is 0.555. The summed E-state index contributed by atoms with van der Waals surface area (Å²) in [7, 11) is 2.28. The molecule has 2 fully saturated rings. The molecule has 1 aromatic rings. The van der Waals surface area contributed by atoms with Crippen molar-refractivity contribution in [1.82, 2.24) is 14.9 Å². The molecule has 2 aliphatic heterocycles. The Labute approximate surface area is 128 Å². The molecular formula is C17H28N4. The third-order valence-electron chi connectivity index (χ3n) is 5.53. The van der Waals surface area contributed by atoms with Crippen LogP contribution in [-0.2, 0) is 6.42 Å². The monoisotopic (exact) mass is 288 g/mol. The van der Waals surface area contributed by atoms with Gasteiger partial charge in [-0.3, -0.25) is 0 Å². The van der Waals surface area contributed by atoms with E-state index in [2.05, 4.69) is 25.8 Å². The molecule has 116 valence electrons. The Morgan fingerprint density at radius 1 is 1.10 bits per heavy atom. The topological polar surface area (TPSA) is 55.0 Å². The molecular weight excluding hydrogens is 260 g/mol. The molecule has 2 saturated heterocycles. The Balaban J connectivity index is 1.80. The molecule has 1 aromatic heterocycles. The number of hydrogen-bond acceptors (Lipinski definition) is 4. The number of aromatic nitrogens is 2. The summed E-state index contributed by atoms with van der Waals surface area (Å²) < 4.78 is 0. The van der Waals surface area contributed by atoms with Crippen LogP contribution < -0.4 is 5.73 Å². The zero-order chi connectivity index (χ0) is 15.0. The van der Waals surface area contributed by atoms with Crippen LogP contribution in [0.1, 0.15) is 60.8 Å². The Kier molecular flexibility index (Phi) is 4.27. The highest BCUT2D eigenvalue weighted by molar-refractivity contribution is 5.26. The van der Waals surface area contributed by atoms with Gasteiger partial charge in [-0.2, -0.15) is 0 Å². The predicted octanol–water partition coefficient (Wildman–Crippen LogP) is 2.32. The average Bonchev–Trinajstić information content (AvgIpc) is 2.68. The van der Waals surface area contributed by atoms with Gasteiger partial charge in [0.15, 0.2) is 0 Å². The van der Waals surface area contributed by atoms with Gasteiger partial charge in [0.1, 0.15) is 5.82 Å². The fourth-order valence-corrected chi connectivity index (χ4v) is 4.21. The molecule has 21 heavy (non-hydrogen) atoms. The Morgan fingerprint density at radius 2 is 1.67 bits per heavy atom. The van der Waals surface area contributed by atoms with Gasteiger partial charge in [-0.15, -0.1) is 0 Å². The molecule has 3 rings (SSSR count). The molecule has 2 N–H and O–H groups in total. The second-order valence-corrected chi connectivity index (χ2v) is 6.84. The Hall–Kier alpha value is -1.00. The molecule has 2 aliphatic rings. The van der Waals surface area contributed by atoms with Crippen molar-refractivity contribution >= 4 is 0 Å². The smallest absolute Gasteiger partial charge is 0.132 e. The number of fused-ring (bicyclic) bond motifs is 2. The van der Waals surface area contributed by atoms with E-state index in [1.807, 2.05) is 0 Å². The van der Waals surface area contributed by atoms with Crippen molar-refractivity contribution in [2.75, 3.05) is 13.6 Å². The highest BCUT2D eigenvalue weighted by atomic mass is 15.2. The largest absolute Gasteiger partial charge is 0.330 e. The minimum Gasteiger partial charge on any atom is -0.330 e. The molecule has 0 aliphatic carbocycles. The third kappa shape index (κ3) is 2.84. The molecule has 2 atom stereocenters. The number of piperidine rings is 1. The lowest BCUT2D eigenvalue weighted by atomic mass is 9.90. The van der Waals surface area contributed by atoms with Crippen LogP contribution in [0.2, 0.25) is 0 Å². The van der Waals surface area contributed by atoms with Crippen molar-refractivity contribution in [1.29, 1.82) is 0 Å². The van der Waals surface area contributed by atoms with Crippen LogP contribution in [0, 0.1) is 13.8 Å². The van der Waals surface area contributed by atoms with Gasteiger partial charge in [0.2, 0.25) is 0 Å². The molecule has 2 bridgehead atoms. The lowest BCUT2D eigenvalue weighted by Gasteiger charge is -2.35. The van der Waals surface area contributed by atoms with Crippen molar-refractivity contribution in [2.45, 2.75) is 70.4 Å². The van der Waals surface area contributed by atoms with Gasteiger partial charge in [0, 0.05) is 29.4 Å². The first-order chi connectivity index (χ1) is 10.1. The maximum absolute atomic E-state index is 5.63. The number of nitrogens with two attached hydrogens (primary N) is 1. The third-order valence-corrected chi connectivity index (χ3v) is 5.53. The van der Waals surface area contributed by atoms with Gasteiger partial charge in [-0.25, -0.2) is 9.97 Å². The fourth-order valence-electron chi connectivity index (χ4n) is 4.21. The van der Waals surface area contributed by atoms with Gasteiger partial charge in [-0.05, 0) is 71.5 Å². The second-order valence-electron chi connectivity index (χ2n) is 6.84. The molecule has 0 saturated carbocycles. The van der Waals surface area contributed by atoms with E-state index in [-0.39, 0.29) is 0 Å². The summed E-state index contributed by atoms with van der Waals surface area (Å²) in [4.78, 5) is 12.3. The molecule has 0 radical (unpaired) electrons. The zero-order valence-corrected chi connectivity index (χ0v) is 13.6. The lowest BCUT2D eigenvalue weighted by molar-refractivity contribution is 0.158. The number of aryl methyl sites for hydroxylation is 2. The highest BCUT2D eigenvalue weighted by Gasteiger charge is 2.39. The first kappa shape index (κ1) is 14.9. The maximum Gasteiger partial charge on any atom is 0.132 e. The first-order valence-corrected chi connectivity index (χ1v) is 8.36. The molecule has 2 unspecified atom stereocenters. The molecule has 3 heterocycles. The summed E-state index contributed by atoms with van der Waals surface area (Å²) in [6, 6.07) is 1.49. The van der Waals surface area contributed by atoms with Crippen LogP contribution in [-0.4, -0.2) is 40.5 Å². The van der Waals surface area contributed by atoms with Gasteiger partial charge < -0.3 is 10.6 Å². The Morgan fingerprint density at radius 3 is 2.19 bits per heavy atom. The minimum atomic E-state index is 0.555. The fraction of sp³-hybridized carbons (Fsp3) is 0.765. The summed E-state index contributed by atoms with van der Waals surface area (Å²) in [6.45, 7) is 5.00. The Bertz CT molecular complexity index is 477. The van der Waals surface area contributed by atoms with E-state index in [9.17, 15) is 0 Å². The second kappa shape index (κ2) is 6.01. The van der Waals surface area contributed by atoms with E-state index in [1.54, 1.807) is 0 Å². The number of hydrogen-bond donors (Lipinski definition) is 1. The van der Waals surface area contributed by atoms with E-state index in [0.29, 0.717) is 5.92 Å². The summed E-state index contributed by atoms with van der Waals surface area (Å²) in [6.07, 6.45) is 7.19. The SMILES string of the molecule is Cc1nc(C2CC3CCC(C2)N3C)nc(C)c1CCCN. The van der Waals surface area contributed by atoms with Crippen molar-refractivity contribution in [3.05, 3.63) is 22.8 Å². The van der Waals surface area contributed by atoms with Gasteiger partial charge >= 0.3 is 0 Å². The average molecular weight is 288 g/mol. The summed E-state index contributed by atoms with van der Waals surface area (Å²) in [5.74, 6) is 1.64. The highest BCUT2D eigenvalue weighted by Crippen LogP contribution is 2.41. The van der Waals surface area contributed by atoms with Gasteiger partial charge in [-0.1, -0.05) is 0 Å². The van der Waals surface area contributed by atoms with Crippen molar-refractivity contribution in [3.63, 3.8) is 0 Å². The predicted molar refractivity (Wildman–Crippen MR) is 85.4 cm³/mol. The quantitative estimate of drug-likeness (QED) is 0.924. The van der Waals surface area contributed by atoms with E-state index < -0.39 is 0 Å². The van der Waals surface area contributed by atoms with Gasteiger partial charge in [0.25, 0.3) is 0 Å². The van der Waals surface area contributed by atoms with E-state index in [4.69, 9.17) is 15.7 Å². The van der Waals surface area contributed by atoms with Crippen molar-refractivity contribution in [2.24, 2.45) is 5.73 Å². The summed E-state index contributed by atoms with van der Waals surface area (Å²) >= 11 is 0. The van der Waals surface area contributed by atoms with Crippen LogP contribution in [0.4, 0.5) is 0 Å². The molecule has 4 nitrogen and oxygen atoms in total. The molecule has 4 heteroatoms. The van der Waals surface area contributed by atoms with E-state index in [0.717, 1.165) is 48.7 Å². The standard InChI is InChI=1S/C17H28N4/c1-11-16(5-4-8-18)12(2)20-17(19-11)13-9-14-6-7-15(10-13)21(14)3/h13-15H,4-10,18H2,1-3H3. The van der Waals surface area contributed by atoms with Gasteiger partial charge in [0.05, 0.1) is 0 Å².